The molecule has 0 heterocycles. The lowest BCUT2D eigenvalue weighted by molar-refractivity contribution is -0.118. The molecule has 1 aromatic rings. The maximum absolute atomic E-state index is 10.5. The van der Waals surface area contributed by atoms with E-state index in [2.05, 4.69) is 5.32 Å². The van der Waals surface area contributed by atoms with E-state index in [1.165, 1.54) is 6.92 Å². The van der Waals surface area contributed by atoms with Crippen LogP contribution in [-0.4, -0.2) is 5.91 Å². The topological polar surface area (TPSA) is 31.2 Å². The molecule has 2 nitrogen and oxygen atoms in total. The smallest absolute Gasteiger partial charge is 0.243 e. The standard InChI is InChI=1S/C8H7ClNO/c1-6(11)10-8-4-2-7(9)3-5-8/h2-5H,1H3. The van der Waals surface area contributed by atoms with Crippen molar-refractivity contribution in [1.82, 2.24) is 5.32 Å². The van der Waals surface area contributed by atoms with E-state index in [9.17, 15) is 4.79 Å². The van der Waals surface area contributed by atoms with Crippen LogP contribution in [0.4, 0.5) is 5.69 Å². The highest BCUT2D eigenvalue weighted by Crippen LogP contribution is 2.12. The van der Waals surface area contributed by atoms with Crippen molar-refractivity contribution >= 4 is 23.2 Å². The largest absolute Gasteiger partial charge is 0.273 e. The Balaban J connectivity index is 2.74. The number of nitrogens with zero attached hydrogens (tertiary/aromatic N) is 1. The monoisotopic (exact) mass is 168 g/mol. The highest BCUT2D eigenvalue weighted by molar-refractivity contribution is 6.30. The summed E-state index contributed by atoms with van der Waals surface area (Å²) in [6, 6.07) is 6.79. The molecule has 0 fully saturated rings. The van der Waals surface area contributed by atoms with E-state index in [0.29, 0.717) is 10.7 Å². The van der Waals surface area contributed by atoms with Crippen molar-refractivity contribution in [2.75, 3.05) is 0 Å². The van der Waals surface area contributed by atoms with Crippen molar-refractivity contribution in [1.29, 1.82) is 0 Å². The number of rotatable bonds is 1. The molecular formula is C8H7ClNO. The van der Waals surface area contributed by atoms with Crippen LogP contribution in [-0.2, 0) is 4.79 Å². The van der Waals surface area contributed by atoms with Crippen LogP contribution in [0.1, 0.15) is 6.92 Å². The summed E-state index contributed by atoms with van der Waals surface area (Å²) in [6.45, 7) is 1.41. The molecule has 1 rings (SSSR count). The number of carbonyl (C=O) groups excluding carboxylic acids is 1. The van der Waals surface area contributed by atoms with Crippen molar-refractivity contribution in [2.45, 2.75) is 6.92 Å². The Morgan fingerprint density at radius 1 is 1.36 bits per heavy atom. The summed E-state index contributed by atoms with van der Waals surface area (Å²) in [5.74, 6) is -0.202. The molecule has 0 saturated heterocycles. The van der Waals surface area contributed by atoms with E-state index in [-0.39, 0.29) is 5.91 Å². The third kappa shape index (κ3) is 2.60. The Labute approximate surface area is 70.2 Å². The van der Waals surface area contributed by atoms with E-state index < -0.39 is 0 Å². The van der Waals surface area contributed by atoms with Gasteiger partial charge in [-0.2, -0.15) is 0 Å². The minimum absolute atomic E-state index is 0.202. The Bertz CT molecular complexity index is 255. The quantitative estimate of drug-likeness (QED) is 0.632. The molecule has 57 valence electrons. The molecule has 0 aliphatic heterocycles. The molecular weight excluding hydrogens is 162 g/mol. The maximum atomic E-state index is 10.5. The fraction of sp³-hybridized carbons (Fsp3) is 0.125. The summed E-state index contributed by atoms with van der Waals surface area (Å²) in [4.78, 5) is 10.5. The lowest BCUT2D eigenvalue weighted by Crippen LogP contribution is -2.03. The second-order valence-corrected chi connectivity index (χ2v) is 2.54. The van der Waals surface area contributed by atoms with Gasteiger partial charge in [-0.15, -0.1) is 0 Å². The van der Waals surface area contributed by atoms with Crippen LogP contribution in [0.2, 0.25) is 5.02 Å². The van der Waals surface area contributed by atoms with Gasteiger partial charge in [0, 0.05) is 11.9 Å². The zero-order valence-corrected chi connectivity index (χ0v) is 6.80. The minimum atomic E-state index is -0.202. The van der Waals surface area contributed by atoms with Gasteiger partial charge in [-0.3, -0.25) is 4.79 Å². The average molecular weight is 169 g/mol. The summed E-state index contributed by atoms with van der Waals surface area (Å²) in [5.41, 5.74) is 0.641. The van der Waals surface area contributed by atoms with Crippen molar-refractivity contribution in [3.8, 4) is 0 Å². The van der Waals surface area contributed by atoms with Gasteiger partial charge in [0.15, 0.2) is 0 Å². The summed E-state index contributed by atoms with van der Waals surface area (Å²) < 4.78 is 0. The van der Waals surface area contributed by atoms with Crippen molar-refractivity contribution in [3.63, 3.8) is 0 Å². The van der Waals surface area contributed by atoms with Crippen LogP contribution in [0.25, 0.3) is 0 Å². The van der Waals surface area contributed by atoms with Crippen molar-refractivity contribution in [3.05, 3.63) is 29.3 Å². The van der Waals surface area contributed by atoms with E-state index in [4.69, 9.17) is 11.6 Å². The van der Waals surface area contributed by atoms with Gasteiger partial charge >= 0.3 is 0 Å². The van der Waals surface area contributed by atoms with Gasteiger partial charge in [-0.1, -0.05) is 11.6 Å². The maximum Gasteiger partial charge on any atom is 0.243 e. The Hall–Kier alpha value is -1.02. The predicted octanol–water partition coefficient (Wildman–Crippen LogP) is 2.12. The van der Waals surface area contributed by atoms with Crippen LogP contribution >= 0.6 is 11.6 Å². The normalized spacial score (nSPS) is 9.27. The zero-order valence-electron chi connectivity index (χ0n) is 6.04. The number of benzene rings is 1. The summed E-state index contributed by atoms with van der Waals surface area (Å²) >= 11 is 5.62. The first-order valence-corrected chi connectivity index (χ1v) is 3.54. The molecule has 11 heavy (non-hydrogen) atoms. The fourth-order valence-corrected chi connectivity index (χ4v) is 0.823. The molecule has 0 saturated carbocycles. The van der Waals surface area contributed by atoms with Gasteiger partial charge < -0.3 is 0 Å². The summed E-state index contributed by atoms with van der Waals surface area (Å²) in [7, 11) is 0. The fourth-order valence-electron chi connectivity index (χ4n) is 0.697. The summed E-state index contributed by atoms with van der Waals surface area (Å²) in [5, 5.41) is 4.35. The van der Waals surface area contributed by atoms with E-state index in [0.717, 1.165) is 0 Å². The van der Waals surface area contributed by atoms with E-state index in [1.807, 2.05) is 0 Å². The van der Waals surface area contributed by atoms with Crippen LogP contribution < -0.4 is 5.32 Å². The number of amides is 1. The molecule has 0 atom stereocenters. The predicted molar refractivity (Wildman–Crippen MR) is 43.9 cm³/mol. The van der Waals surface area contributed by atoms with Gasteiger partial charge in [-0.25, -0.2) is 5.32 Å². The molecule has 1 radical (unpaired) electrons. The van der Waals surface area contributed by atoms with E-state index >= 15 is 0 Å². The molecule has 0 aliphatic carbocycles. The lowest BCUT2D eigenvalue weighted by Gasteiger charge is -1.96. The zero-order chi connectivity index (χ0) is 8.27. The van der Waals surface area contributed by atoms with Crippen LogP contribution in [0.15, 0.2) is 24.3 Å². The molecule has 0 N–H and O–H groups in total. The van der Waals surface area contributed by atoms with Crippen LogP contribution in [0.5, 0.6) is 0 Å². The third-order valence-corrected chi connectivity index (χ3v) is 1.37. The van der Waals surface area contributed by atoms with E-state index in [1.54, 1.807) is 24.3 Å². The Kier molecular flexibility index (Phi) is 2.49. The second kappa shape index (κ2) is 3.39. The molecule has 1 amide bonds. The second-order valence-electron chi connectivity index (χ2n) is 2.11. The molecule has 0 aliphatic rings. The highest BCUT2D eigenvalue weighted by Gasteiger charge is 1.95. The van der Waals surface area contributed by atoms with Gasteiger partial charge in [0.2, 0.25) is 5.91 Å². The number of hydrogen-bond acceptors (Lipinski definition) is 1. The first kappa shape index (κ1) is 8.08. The number of hydrogen-bond donors (Lipinski definition) is 0. The van der Waals surface area contributed by atoms with Crippen LogP contribution in [0, 0.1) is 0 Å². The summed E-state index contributed by atoms with van der Waals surface area (Å²) in [6.07, 6.45) is 0. The molecule has 0 spiro atoms. The Morgan fingerprint density at radius 3 is 2.36 bits per heavy atom. The van der Waals surface area contributed by atoms with Crippen molar-refractivity contribution in [2.24, 2.45) is 0 Å². The van der Waals surface area contributed by atoms with Gasteiger partial charge in [0.1, 0.15) is 0 Å². The van der Waals surface area contributed by atoms with Crippen LogP contribution in [0.3, 0.4) is 0 Å². The molecule has 0 bridgehead atoms. The van der Waals surface area contributed by atoms with Gasteiger partial charge in [0.25, 0.3) is 0 Å². The third-order valence-electron chi connectivity index (χ3n) is 1.11. The molecule has 1 aromatic carbocycles. The molecule has 0 unspecified atom stereocenters. The van der Waals surface area contributed by atoms with Gasteiger partial charge in [-0.05, 0) is 24.3 Å². The number of halogens is 1. The Morgan fingerprint density at radius 2 is 1.91 bits per heavy atom. The molecule has 0 aromatic heterocycles. The van der Waals surface area contributed by atoms with Gasteiger partial charge in [0.05, 0.1) is 5.69 Å². The first-order chi connectivity index (χ1) is 5.18. The SMILES string of the molecule is CC(=O)[N]c1ccc(Cl)cc1. The molecule has 3 heteroatoms. The average Bonchev–Trinajstić information content (AvgIpc) is 1.93. The first-order valence-electron chi connectivity index (χ1n) is 3.16. The highest BCUT2D eigenvalue weighted by atomic mass is 35.5. The van der Waals surface area contributed by atoms with Crippen molar-refractivity contribution < 1.29 is 4.79 Å². The number of carbonyl (C=O) groups is 1. The minimum Gasteiger partial charge on any atom is -0.273 e. The lowest BCUT2D eigenvalue weighted by atomic mass is 10.3.